The van der Waals surface area contributed by atoms with Gasteiger partial charge < -0.3 is 24.5 Å². The van der Waals surface area contributed by atoms with Crippen LogP contribution in [-0.2, 0) is 24.1 Å². The van der Waals surface area contributed by atoms with E-state index >= 15 is 0 Å². The van der Waals surface area contributed by atoms with E-state index in [1.807, 2.05) is 37.3 Å². The fourth-order valence-electron chi connectivity index (χ4n) is 4.48. The standard InChI is InChI=1S/C28H34N2O5/c1-6-7-8-22-26(20-10-12-21(13-11-20)28(32)35-5)25(27(29)31)18(2)30(22)16-15-19-9-14-23(33-3)24(17-19)34-4/h9-14,17H,6-8,15-16H2,1-5H3,(H2,29,31). The van der Waals surface area contributed by atoms with Crippen LogP contribution in [0.1, 0.15) is 57.4 Å². The summed E-state index contributed by atoms with van der Waals surface area (Å²) in [6, 6.07) is 13.0. The number of hydrogen-bond acceptors (Lipinski definition) is 5. The number of aromatic nitrogens is 1. The number of nitrogens with two attached hydrogens (primary N) is 1. The number of benzene rings is 2. The SMILES string of the molecule is CCCCc1c(-c2ccc(C(=O)OC)cc2)c(C(N)=O)c(C)n1CCc1ccc(OC)c(OC)c1. The van der Waals surface area contributed by atoms with E-state index < -0.39 is 11.9 Å². The van der Waals surface area contributed by atoms with Crippen LogP contribution in [-0.4, -0.2) is 37.8 Å². The number of esters is 1. The lowest BCUT2D eigenvalue weighted by molar-refractivity contribution is 0.0600. The third-order valence-electron chi connectivity index (χ3n) is 6.31. The molecule has 0 aliphatic heterocycles. The van der Waals surface area contributed by atoms with Crippen molar-refractivity contribution in [3.8, 4) is 22.6 Å². The first-order chi connectivity index (χ1) is 16.9. The van der Waals surface area contributed by atoms with Crippen LogP contribution in [0.5, 0.6) is 11.5 Å². The monoisotopic (exact) mass is 478 g/mol. The number of carbonyl (C=O) groups is 2. The van der Waals surface area contributed by atoms with Crippen LogP contribution in [0, 0.1) is 6.92 Å². The van der Waals surface area contributed by atoms with Crippen molar-refractivity contribution < 1.29 is 23.8 Å². The molecule has 0 saturated carbocycles. The second kappa shape index (κ2) is 11.6. The molecule has 0 fully saturated rings. The molecule has 0 aliphatic rings. The van der Waals surface area contributed by atoms with Crippen LogP contribution in [0.25, 0.3) is 11.1 Å². The zero-order valence-corrected chi connectivity index (χ0v) is 21.1. The summed E-state index contributed by atoms with van der Waals surface area (Å²) in [5.74, 6) is 0.508. The summed E-state index contributed by atoms with van der Waals surface area (Å²) in [7, 11) is 4.59. The normalized spacial score (nSPS) is 10.8. The number of hydrogen-bond donors (Lipinski definition) is 1. The molecule has 2 aromatic carbocycles. The number of unbranched alkanes of at least 4 members (excludes halogenated alkanes) is 1. The molecule has 186 valence electrons. The Morgan fingerprint density at radius 1 is 0.943 bits per heavy atom. The summed E-state index contributed by atoms with van der Waals surface area (Å²) >= 11 is 0. The molecule has 3 aromatic rings. The molecular formula is C28H34N2O5. The van der Waals surface area contributed by atoms with E-state index in [4.69, 9.17) is 19.9 Å². The molecule has 35 heavy (non-hydrogen) atoms. The minimum absolute atomic E-state index is 0.401. The van der Waals surface area contributed by atoms with Gasteiger partial charge >= 0.3 is 5.97 Å². The largest absolute Gasteiger partial charge is 0.493 e. The minimum Gasteiger partial charge on any atom is -0.493 e. The smallest absolute Gasteiger partial charge is 0.337 e. The summed E-state index contributed by atoms with van der Waals surface area (Å²) in [6.45, 7) is 4.76. The highest BCUT2D eigenvalue weighted by Crippen LogP contribution is 2.35. The number of amides is 1. The number of aryl methyl sites for hydroxylation is 1. The Morgan fingerprint density at radius 2 is 1.63 bits per heavy atom. The van der Waals surface area contributed by atoms with E-state index in [0.717, 1.165) is 53.8 Å². The molecule has 7 nitrogen and oxygen atoms in total. The fraction of sp³-hybridized carbons (Fsp3) is 0.357. The summed E-state index contributed by atoms with van der Waals surface area (Å²) < 4.78 is 17.8. The number of primary amides is 1. The van der Waals surface area contributed by atoms with Crippen LogP contribution in [0.3, 0.4) is 0 Å². The van der Waals surface area contributed by atoms with Crippen molar-refractivity contribution >= 4 is 11.9 Å². The van der Waals surface area contributed by atoms with Gasteiger partial charge in [0.2, 0.25) is 0 Å². The van der Waals surface area contributed by atoms with Crippen LogP contribution < -0.4 is 15.2 Å². The van der Waals surface area contributed by atoms with E-state index in [0.29, 0.717) is 29.2 Å². The second-order valence-corrected chi connectivity index (χ2v) is 8.41. The summed E-state index contributed by atoms with van der Waals surface area (Å²) in [6.07, 6.45) is 3.55. The summed E-state index contributed by atoms with van der Waals surface area (Å²) in [5, 5.41) is 0. The molecule has 0 saturated heterocycles. The topological polar surface area (TPSA) is 92.8 Å². The predicted molar refractivity (Wildman–Crippen MR) is 136 cm³/mol. The Hall–Kier alpha value is -3.74. The number of carbonyl (C=O) groups excluding carboxylic acids is 2. The van der Waals surface area contributed by atoms with Gasteiger partial charge in [0, 0.05) is 23.5 Å². The van der Waals surface area contributed by atoms with E-state index in [1.54, 1.807) is 26.4 Å². The van der Waals surface area contributed by atoms with Crippen LogP contribution >= 0.6 is 0 Å². The highest BCUT2D eigenvalue weighted by atomic mass is 16.5. The highest BCUT2D eigenvalue weighted by Gasteiger charge is 2.24. The third kappa shape index (κ3) is 5.50. The molecule has 3 rings (SSSR count). The molecular weight excluding hydrogens is 444 g/mol. The third-order valence-corrected chi connectivity index (χ3v) is 6.31. The Kier molecular flexibility index (Phi) is 8.58. The predicted octanol–water partition coefficient (Wildman–Crippen LogP) is 4.95. The van der Waals surface area contributed by atoms with Crippen molar-refractivity contribution in [1.29, 1.82) is 0 Å². The number of ether oxygens (including phenoxy) is 3. The number of rotatable bonds is 11. The maximum Gasteiger partial charge on any atom is 0.337 e. The van der Waals surface area contributed by atoms with Crippen LogP contribution in [0.2, 0.25) is 0 Å². The van der Waals surface area contributed by atoms with Gasteiger partial charge in [0.25, 0.3) is 5.91 Å². The molecule has 0 spiro atoms. The second-order valence-electron chi connectivity index (χ2n) is 8.41. The molecule has 1 amide bonds. The van der Waals surface area contributed by atoms with Crippen LogP contribution in [0.15, 0.2) is 42.5 Å². The lowest BCUT2D eigenvalue weighted by atomic mass is 9.96. The molecule has 0 atom stereocenters. The summed E-state index contributed by atoms with van der Waals surface area (Å²) in [4.78, 5) is 24.5. The molecule has 0 radical (unpaired) electrons. The first-order valence-electron chi connectivity index (χ1n) is 11.8. The Balaban J connectivity index is 2.06. The van der Waals surface area contributed by atoms with E-state index in [-0.39, 0.29) is 0 Å². The molecule has 1 aromatic heterocycles. The first-order valence-corrected chi connectivity index (χ1v) is 11.8. The van der Waals surface area contributed by atoms with Crippen molar-refractivity contribution in [2.45, 2.75) is 46.1 Å². The maximum absolute atomic E-state index is 12.6. The van der Waals surface area contributed by atoms with Gasteiger partial charge in [-0.1, -0.05) is 31.5 Å². The van der Waals surface area contributed by atoms with Gasteiger partial charge in [-0.05, 0) is 61.6 Å². The van der Waals surface area contributed by atoms with E-state index in [9.17, 15) is 9.59 Å². The first kappa shape index (κ1) is 25.9. The molecule has 2 N–H and O–H groups in total. The van der Waals surface area contributed by atoms with Gasteiger partial charge in [0.05, 0.1) is 32.5 Å². The average molecular weight is 479 g/mol. The molecule has 0 aliphatic carbocycles. The Morgan fingerprint density at radius 3 is 2.20 bits per heavy atom. The molecule has 0 bridgehead atoms. The minimum atomic E-state index is -0.461. The van der Waals surface area contributed by atoms with Crippen molar-refractivity contribution in [1.82, 2.24) is 4.57 Å². The highest BCUT2D eigenvalue weighted by molar-refractivity contribution is 6.02. The Labute approximate surface area is 206 Å². The van der Waals surface area contributed by atoms with Crippen LogP contribution in [0.4, 0.5) is 0 Å². The van der Waals surface area contributed by atoms with Crippen molar-refractivity contribution in [2.24, 2.45) is 5.73 Å². The molecule has 1 heterocycles. The lowest BCUT2D eigenvalue weighted by Gasteiger charge is -2.14. The van der Waals surface area contributed by atoms with Gasteiger partial charge in [-0.3, -0.25) is 4.79 Å². The van der Waals surface area contributed by atoms with Crippen molar-refractivity contribution in [3.63, 3.8) is 0 Å². The van der Waals surface area contributed by atoms with Gasteiger partial charge in [-0.15, -0.1) is 0 Å². The zero-order valence-electron chi connectivity index (χ0n) is 21.1. The van der Waals surface area contributed by atoms with Gasteiger partial charge in [-0.2, -0.15) is 0 Å². The quantitative estimate of drug-likeness (QED) is 0.394. The fourth-order valence-corrected chi connectivity index (χ4v) is 4.48. The lowest BCUT2D eigenvalue weighted by Crippen LogP contribution is -2.14. The average Bonchev–Trinajstić information content (AvgIpc) is 3.16. The van der Waals surface area contributed by atoms with Gasteiger partial charge in [0.15, 0.2) is 11.5 Å². The number of nitrogens with zero attached hydrogens (tertiary/aromatic N) is 1. The number of methoxy groups -OCH3 is 3. The van der Waals surface area contributed by atoms with Crippen molar-refractivity contribution in [2.75, 3.05) is 21.3 Å². The maximum atomic E-state index is 12.6. The van der Waals surface area contributed by atoms with Crippen molar-refractivity contribution in [3.05, 3.63) is 70.5 Å². The molecule has 7 heteroatoms. The van der Waals surface area contributed by atoms with E-state index in [1.165, 1.54) is 7.11 Å². The zero-order chi connectivity index (χ0) is 25.5. The van der Waals surface area contributed by atoms with Gasteiger partial charge in [-0.25, -0.2) is 4.79 Å². The Bertz CT molecular complexity index is 1200. The molecule has 0 unspecified atom stereocenters. The summed E-state index contributed by atoms with van der Waals surface area (Å²) in [5.41, 5.74) is 11.6. The van der Waals surface area contributed by atoms with Gasteiger partial charge in [0.1, 0.15) is 0 Å². The van der Waals surface area contributed by atoms with E-state index in [2.05, 4.69) is 11.5 Å².